The minimum Gasteiger partial charge on any atom is -0.356 e. The van der Waals surface area contributed by atoms with Crippen molar-refractivity contribution in [2.75, 3.05) is 6.54 Å². The molecule has 0 heterocycles. The Balaban J connectivity index is 1.61. The molecule has 1 fully saturated rings. The lowest BCUT2D eigenvalue weighted by molar-refractivity contribution is -0.121. The monoisotopic (exact) mass is 232 g/mol. The van der Waals surface area contributed by atoms with Crippen LogP contribution in [0.15, 0.2) is 30.3 Å². The van der Waals surface area contributed by atoms with Crippen LogP contribution in [-0.2, 0) is 11.2 Å². The molecule has 1 aromatic rings. The summed E-state index contributed by atoms with van der Waals surface area (Å²) in [6.07, 6.45) is 3.50. The maximum atomic E-state index is 11.6. The van der Waals surface area contributed by atoms with Crippen molar-refractivity contribution >= 4 is 5.91 Å². The van der Waals surface area contributed by atoms with Gasteiger partial charge in [-0.25, -0.2) is 0 Å². The summed E-state index contributed by atoms with van der Waals surface area (Å²) >= 11 is 0. The lowest BCUT2D eigenvalue weighted by Gasteiger charge is -2.32. The average Bonchev–Trinajstić information content (AvgIpc) is 2.32. The Bertz CT molecular complexity index is 358. The summed E-state index contributed by atoms with van der Waals surface area (Å²) in [5, 5.41) is 2.98. The van der Waals surface area contributed by atoms with E-state index < -0.39 is 0 Å². The van der Waals surface area contributed by atoms with Crippen LogP contribution in [-0.4, -0.2) is 18.5 Å². The third kappa shape index (κ3) is 3.86. The molecule has 1 saturated carbocycles. The van der Waals surface area contributed by atoms with Gasteiger partial charge in [0.1, 0.15) is 0 Å². The van der Waals surface area contributed by atoms with Crippen molar-refractivity contribution in [3.63, 3.8) is 0 Å². The molecule has 17 heavy (non-hydrogen) atoms. The van der Waals surface area contributed by atoms with Crippen molar-refractivity contribution in [3.05, 3.63) is 35.9 Å². The van der Waals surface area contributed by atoms with Crippen LogP contribution in [0.3, 0.4) is 0 Å². The normalized spacial score (nSPS) is 22.9. The lowest BCUT2D eigenvalue weighted by atomic mass is 9.81. The molecule has 1 amide bonds. The molecule has 3 heteroatoms. The maximum absolute atomic E-state index is 11.6. The van der Waals surface area contributed by atoms with Crippen LogP contribution < -0.4 is 11.1 Å². The van der Waals surface area contributed by atoms with Gasteiger partial charge in [0.25, 0.3) is 0 Å². The largest absolute Gasteiger partial charge is 0.356 e. The highest BCUT2D eigenvalue weighted by molar-refractivity contribution is 5.76. The van der Waals surface area contributed by atoms with Crippen molar-refractivity contribution < 1.29 is 4.79 Å². The molecular formula is C14H20N2O. The van der Waals surface area contributed by atoms with Crippen LogP contribution in [0.25, 0.3) is 0 Å². The van der Waals surface area contributed by atoms with E-state index in [1.807, 2.05) is 18.2 Å². The molecule has 0 radical (unpaired) electrons. The molecule has 3 N–H and O–H groups in total. The number of rotatable bonds is 5. The van der Waals surface area contributed by atoms with Gasteiger partial charge < -0.3 is 11.1 Å². The number of amides is 1. The van der Waals surface area contributed by atoms with Gasteiger partial charge in [0.05, 0.1) is 0 Å². The number of aryl methyl sites for hydroxylation is 1. The van der Waals surface area contributed by atoms with Gasteiger partial charge in [0, 0.05) is 19.0 Å². The summed E-state index contributed by atoms with van der Waals surface area (Å²) in [5.41, 5.74) is 6.91. The van der Waals surface area contributed by atoms with E-state index in [1.165, 1.54) is 5.56 Å². The number of hydrogen-bond donors (Lipinski definition) is 2. The Kier molecular flexibility index (Phi) is 4.15. The summed E-state index contributed by atoms with van der Waals surface area (Å²) in [6, 6.07) is 10.5. The molecular weight excluding hydrogens is 212 g/mol. The highest BCUT2D eigenvalue weighted by Crippen LogP contribution is 2.24. The highest BCUT2D eigenvalue weighted by Gasteiger charge is 2.25. The second-order valence-corrected chi connectivity index (χ2v) is 4.89. The zero-order chi connectivity index (χ0) is 12.1. The Hall–Kier alpha value is -1.35. The van der Waals surface area contributed by atoms with E-state index in [4.69, 9.17) is 5.73 Å². The molecule has 0 atom stereocenters. The molecule has 0 aliphatic heterocycles. The third-order valence-electron chi connectivity index (χ3n) is 3.34. The van der Waals surface area contributed by atoms with Gasteiger partial charge in [-0.2, -0.15) is 0 Å². The topological polar surface area (TPSA) is 55.1 Å². The lowest BCUT2D eigenvalue weighted by Crippen LogP contribution is -2.42. The first kappa shape index (κ1) is 12.1. The summed E-state index contributed by atoms with van der Waals surface area (Å²) < 4.78 is 0. The van der Waals surface area contributed by atoms with Crippen molar-refractivity contribution in [2.45, 2.75) is 31.7 Å². The van der Waals surface area contributed by atoms with E-state index in [0.717, 1.165) is 25.8 Å². The van der Waals surface area contributed by atoms with Gasteiger partial charge in [-0.15, -0.1) is 0 Å². The Labute approximate surface area is 102 Å². The minimum atomic E-state index is 0.148. The molecule has 3 nitrogen and oxygen atoms in total. The third-order valence-corrected chi connectivity index (χ3v) is 3.34. The molecule has 2 rings (SSSR count). The van der Waals surface area contributed by atoms with Gasteiger partial charge in [-0.1, -0.05) is 30.3 Å². The molecule has 1 aromatic carbocycles. The van der Waals surface area contributed by atoms with Crippen LogP contribution in [0.5, 0.6) is 0 Å². The van der Waals surface area contributed by atoms with Crippen molar-refractivity contribution in [3.8, 4) is 0 Å². The Morgan fingerprint density at radius 1 is 1.29 bits per heavy atom. The molecule has 0 spiro atoms. The van der Waals surface area contributed by atoms with E-state index in [2.05, 4.69) is 17.4 Å². The molecule has 0 unspecified atom stereocenters. The van der Waals surface area contributed by atoms with Gasteiger partial charge >= 0.3 is 0 Å². The van der Waals surface area contributed by atoms with E-state index in [9.17, 15) is 4.79 Å². The van der Waals surface area contributed by atoms with Crippen LogP contribution in [0.4, 0.5) is 0 Å². The highest BCUT2D eigenvalue weighted by atomic mass is 16.1. The quantitative estimate of drug-likeness (QED) is 0.807. The second kappa shape index (κ2) is 5.82. The van der Waals surface area contributed by atoms with Gasteiger partial charge in [-0.05, 0) is 30.7 Å². The first-order valence-electron chi connectivity index (χ1n) is 6.30. The standard InChI is InChI=1S/C14H20N2O/c15-13-8-12(9-13)10-16-14(17)7-6-11-4-2-1-3-5-11/h1-5,12-13H,6-10,15H2,(H,16,17). The van der Waals surface area contributed by atoms with E-state index in [0.29, 0.717) is 18.4 Å². The predicted molar refractivity (Wildman–Crippen MR) is 68.5 cm³/mol. The minimum absolute atomic E-state index is 0.148. The summed E-state index contributed by atoms with van der Waals surface area (Å²) in [6.45, 7) is 0.793. The van der Waals surface area contributed by atoms with Gasteiger partial charge in [0.15, 0.2) is 0 Å². The van der Waals surface area contributed by atoms with Gasteiger partial charge in [-0.3, -0.25) is 4.79 Å². The van der Waals surface area contributed by atoms with E-state index in [-0.39, 0.29) is 5.91 Å². The molecule has 0 aromatic heterocycles. The molecule has 1 aliphatic rings. The number of nitrogens with one attached hydrogen (secondary N) is 1. The fourth-order valence-corrected chi connectivity index (χ4v) is 2.20. The molecule has 0 bridgehead atoms. The average molecular weight is 232 g/mol. The summed E-state index contributed by atoms with van der Waals surface area (Å²) in [7, 11) is 0. The Morgan fingerprint density at radius 2 is 2.00 bits per heavy atom. The maximum Gasteiger partial charge on any atom is 0.220 e. The van der Waals surface area contributed by atoms with Gasteiger partial charge in [0.2, 0.25) is 5.91 Å². The van der Waals surface area contributed by atoms with E-state index in [1.54, 1.807) is 0 Å². The first-order valence-corrected chi connectivity index (χ1v) is 6.30. The summed E-state index contributed by atoms with van der Waals surface area (Å²) in [5.74, 6) is 0.750. The Morgan fingerprint density at radius 3 is 2.65 bits per heavy atom. The zero-order valence-electron chi connectivity index (χ0n) is 10.1. The number of carbonyl (C=O) groups is 1. The first-order chi connectivity index (χ1) is 8.24. The SMILES string of the molecule is NC1CC(CNC(=O)CCc2ccccc2)C1. The summed E-state index contributed by atoms with van der Waals surface area (Å²) in [4.78, 5) is 11.6. The number of carbonyl (C=O) groups excluding carboxylic acids is 1. The number of hydrogen-bond acceptors (Lipinski definition) is 2. The number of nitrogens with two attached hydrogens (primary N) is 1. The molecule has 1 aliphatic carbocycles. The smallest absolute Gasteiger partial charge is 0.220 e. The van der Waals surface area contributed by atoms with Crippen LogP contribution in [0, 0.1) is 5.92 Å². The molecule has 0 saturated heterocycles. The van der Waals surface area contributed by atoms with Crippen molar-refractivity contribution in [1.82, 2.24) is 5.32 Å². The fraction of sp³-hybridized carbons (Fsp3) is 0.500. The van der Waals surface area contributed by atoms with Crippen molar-refractivity contribution in [2.24, 2.45) is 11.7 Å². The number of benzene rings is 1. The predicted octanol–water partition coefficient (Wildman–Crippen LogP) is 1.47. The zero-order valence-corrected chi connectivity index (χ0v) is 10.1. The van der Waals surface area contributed by atoms with Crippen LogP contribution in [0.1, 0.15) is 24.8 Å². The second-order valence-electron chi connectivity index (χ2n) is 4.89. The molecule has 92 valence electrons. The van der Waals surface area contributed by atoms with Crippen molar-refractivity contribution in [1.29, 1.82) is 0 Å². The van der Waals surface area contributed by atoms with Crippen LogP contribution in [0.2, 0.25) is 0 Å². The van der Waals surface area contributed by atoms with E-state index >= 15 is 0 Å². The van der Waals surface area contributed by atoms with Crippen LogP contribution >= 0.6 is 0 Å². The fourth-order valence-electron chi connectivity index (χ4n) is 2.20.